The maximum atomic E-state index is 12.4. The molecule has 0 fully saturated rings. The van der Waals surface area contributed by atoms with Crippen LogP contribution in [0.1, 0.15) is 34.2 Å². The molecule has 0 bridgehead atoms. The predicted molar refractivity (Wildman–Crippen MR) is 135 cm³/mol. The third kappa shape index (κ3) is 6.19. The summed E-state index contributed by atoms with van der Waals surface area (Å²) in [6.45, 7) is 3.47. The van der Waals surface area contributed by atoms with E-state index >= 15 is 0 Å². The number of furan rings is 1. The molecule has 2 aromatic heterocycles. The lowest BCUT2D eigenvalue weighted by molar-refractivity contribution is 0.0963. The van der Waals surface area contributed by atoms with Gasteiger partial charge in [-0.15, -0.1) is 0 Å². The fourth-order valence-corrected chi connectivity index (χ4v) is 3.92. The molecule has 2 heterocycles. The second-order valence-electron chi connectivity index (χ2n) is 8.15. The second kappa shape index (κ2) is 11.4. The first-order valence-electron chi connectivity index (χ1n) is 11.5. The van der Waals surface area contributed by atoms with E-state index in [0.717, 1.165) is 22.3 Å². The summed E-state index contributed by atoms with van der Waals surface area (Å²) in [5.41, 5.74) is 2.70. The van der Waals surface area contributed by atoms with Crippen molar-refractivity contribution in [2.75, 3.05) is 19.0 Å². The number of anilines is 1. The zero-order chi connectivity index (χ0) is 25.5. The Morgan fingerprint density at radius 3 is 2.50 bits per heavy atom. The smallest absolute Gasteiger partial charge is 0.411 e. The summed E-state index contributed by atoms with van der Waals surface area (Å²) in [5, 5.41) is 5.99. The average molecular weight is 490 g/mol. The Morgan fingerprint density at radius 2 is 1.81 bits per heavy atom. The van der Waals surface area contributed by atoms with Crippen LogP contribution in [0.25, 0.3) is 11.0 Å². The molecule has 0 saturated heterocycles. The van der Waals surface area contributed by atoms with Crippen molar-refractivity contribution in [2.24, 2.45) is 0 Å². The summed E-state index contributed by atoms with van der Waals surface area (Å²) in [7, 11) is 1.60. The number of rotatable bonds is 9. The molecule has 36 heavy (non-hydrogen) atoms. The number of carbonyl (C=O) groups excluding carboxylic acids is 2. The van der Waals surface area contributed by atoms with E-state index in [0.29, 0.717) is 36.5 Å². The van der Waals surface area contributed by atoms with Gasteiger partial charge in [0.25, 0.3) is 5.91 Å². The number of amides is 2. The molecule has 0 unspecified atom stereocenters. The van der Waals surface area contributed by atoms with Crippen molar-refractivity contribution in [3.05, 3.63) is 99.8 Å². The third-order valence-electron chi connectivity index (χ3n) is 5.55. The van der Waals surface area contributed by atoms with E-state index in [9.17, 15) is 14.4 Å². The minimum atomic E-state index is -0.581. The van der Waals surface area contributed by atoms with E-state index in [1.165, 1.54) is 6.07 Å². The Kier molecular flexibility index (Phi) is 7.82. The van der Waals surface area contributed by atoms with Gasteiger partial charge in [-0.25, -0.2) is 9.59 Å². The number of carbonyl (C=O) groups is 2. The molecule has 2 N–H and O–H groups in total. The highest BCUT2D eigenvalue weighted by Crippen LogP contribution is 2.24. The van der Waals surface area contributed by atoms with Gasteiger partial charge in [0.15, 0.2) is 0 Å². The van der Waals surface area contributed by atoms with Crippen LogP contribution in [0, 0.1) is 0 Å². The SMILES string of the molecule is CCOC(=O)Nc1ccc2c(CN(Cc3ccc(C(=O)NC)cc3)Cc3ccco3)cc(=O)oc2c1. The summed E-state index contributed by atoms with van der Waals surface area (Å²) in [5.74, 6) is 0.637. The number of nitrogens with one attached hydrogen (secondary N) is 2. The number of nitrogens with zero attached hydrogens (tertiary/aromatic N) is 1. The van der Waals surface area contributed by atoms with E-state index in [1.54, 1.807) is 50.6 Å². The first-order chi connectivity index (χ1) is 17.4. The molecule has 0 saturated carbocycles. The molecule has 186 valence electrons. The van der Waals surface area contributed by atoms with Crippen molar-refractivity contribution in [2.45, 2.75) is 26.6 Å². The van der Waals surface area contributed by atoms with Gasteiger partial charge in [-0.1, -0.05) is 12.1 Å². The van der Waals surface area contributed by atoms with Gasteiger partial charge in [0.1, 0.15) is 11.3 Å². The van der Waals surface area contributed by atoms with Crippen molar-refractivity contribution >= 4 is 28.7 Å². The van der Waals surface area contributed by atoms with Crippen molar-refractivity contribution in [3.8, 4) is 0 Å². The van der Waals surface area contributed by atoms with E-state index in [-0.39, 0.29) is 12.5 Å². The van der Waals surface area contributed by atoms with E-state index < -0.39 is 11.7 Å². The van der Waals surface area contributed by atoms with Crippen molar-refractivity contribution < 1.29 is 23.2 Å². The van der Waals surface area contributed by atoms with Gasteiger partial charge in [0, 0.05) is 48.9 Å². The molecule has 0 spiro atoms. The maximum Gasteiger partial charge on any atom is 0.411 e. The number of benzene rings is 2. The van der Waals surface area contributed by atoms with Gasteiger partial charge in [0.2, 0.25) is 0 Å². The first kappa shape index (κ1) is 24.7. The van der Waals surface area contributed by atoms with Crippen LogP contribution in [0.4, 0.5) is 10.5 Å². The monoisotopic (exact) mass is 489 g/mol. The maximum absolute atomic E-state index is 12.4. The largest absolute Gasteiger partial charge is 0.468 e. The van der Waals surface area contributed by atoms with E-state index in [1.807, 2.05) is 24.3 Å². The summed E-state index contributed by atoms with van der Waals surface area (Å²) in [6, 6.07) is 17.7. The fourth-order valence-electron chi connectivity index (χ4n) is 3.92. The lowest BCUT2D eigenvalue weighted by atomic mass is 10.1. The quantitative estimate of drug-likeness (QED) is 0.332. The highest BCUT2D eigenvalue weighted by atomic mass is 16.5. The predicted octanol–water partition coefficient (Wildman–Crippen LogP) is 4.52. The molecule has 4 rings (SSSR count). The van der Waals surface area contributed by atoms with Crippen LogP contribution in [-0.2, 0) is 24.4 Å². The Labute approximate surface area is 207 Å². The van der Waals surface area contributed by atoms with Gasteiger partial charge in [-0.2, -0.15) is 0 Å². The average Bonchev–Trinajstić information content (AvgIpc) is 3.37. The molecule has 2 amide bonds. The van der Waals surface area contributed by atoms with Crippen molar-refractivity contribution in [3.63, 3.8) is 0 Å². The molecule has 0 aliphatic heterocycles. The first-order valence-corrected chi connectivity index (χ1v) is 11.5. The van der Waals surface area contributed by atoms with Gasteiger partial charge in [-0.05, 0) is 54.4 Å². The van der Waals surface area contributed by atoms with Crippen LogP contribution >= 0.6 is 0 Å². The minimum Gasteiger partial charge on any atom is -0.468 e. The Morgan fingerprint density at radius 1 is 1.00 bits per heavy atom. The second-order valence-corrected chi connectivity index (χ2v) is 8.15. The lowest BCUT2D eigenvalue weighted by Gasteiger charge is -2.22. The van der Waals surface area contributed by atoms with E-state index in [4.69, 9.17) is 13.6 Å². The molecule has 9 heteroatoms. The number of fused-ring (bicyclic) bond motifs is 1. The minimum absolute atomic E-state index is 0.145. The van der Waals surface area contributed by atoms with E-state index in [2.05, 4.69) is 15.5 Å². The Bertz CT molecular complexity index is 1390. The summed E-state index contributed by atoms with van der Waals surface area (Å²) in [4.78, 5) is 38.1. The van der Waals surface area contributed by atoms with Gasteiger partial charge in [-0.3, -0.25) is 15.0 Å². The van der Waals surface area contributed by atoms with Crippen LogP contribution in [-0.4, -0.2) is 30.6 Å². The highest BCUT2D eigenvalue weighted by Gasteiger charge is 2.15. The van der Waals surface area contributed by atoms with Gasteiger partial charge >= 0.3 is 11.7 Å². The topological polar surface area (TPSA) is 114 Å². The molecule has 4 aromatic rings. The van der Waals surface area contributed by atoms with Crippen LogP contribution in [0.15, 0.2) is 80.6 Å². The third-order valence-corrected chi connectivity index (χ3v) is 5.55. The Balaban J connectivity index is 1.61. The summed E-state index contributed by atoms with van der Waals surface area (Å²) in [6.07, 6.45) is 1.04. The number of hydrogen-bond donors (Lipinski definition) is 2. The van der Waals surface area contributed by atoms with Crippen molar-refractivity contribution in [1.29, 1.82) is 0 Å². The Hall–Kier alpha value is -4.37. The summed E-state index contributed by atoms with van der Waals surface area (Å²) >= 11 is 0. The molecule has 0 radical (unpaired) electrons. The normalized spacial score (nSPS) is 11.0. The van der Waals surface area contributed by atoms with Gasteiger partial charge in [0.05, 0.1) is 19.4 Å². The zero-order valence-corrected chi connectivity index (χ0v) is 20.1. The van der Waals surface area contributed by atoms with Crippen LogP contribution in [0.3, 0.4) is 0 Å². The zero-order valence-electron chi connectivity index (χ0n) is 20.1. The standard InChI is InChI=1S/C27H27N3O6/c1-3-34-27(33)29-21-10-11-23-20(13-25(31)36-24(23)14-21)16-30(17-22-5-4-12-35-22)15-18-6-8-19(9-7-18)26(32)28-2/h4-14H,3,15-17H2,1-2H3,(H,28,32)(H,29,33). The molecule has 0 aliphatic rings. The molecule has 0 aliphatic carbocycles. The molecular formula is C27H27N3O6. The molecule has 0 atom stereocenters. The molecule has 2 aromatic carbocycles. The molecular weight excluding hydrogens is 462 g/mol. The van der Waals surface area contributed by atoms with Crippen LogP contribution in [0.2, 0.25) is 0 Å². The van der Waals surface area contributed by atoms with Crippen LogP contribution < -0.4 is 16.3 Å². The highest BCUT2D eigenvalue weighted by molar-refractivity contribution is 5.94. The molecule has 9 nitrogen and oxygen atoms in total. The number of hydrogen-bond acceptors (Lipinski definition) is 7. The van der Waals surface area contributed by atoms with Gasteiger partial charge < -0.3 is 18.9 Å². The fraction of sp³-hybridized carbons (Fsp3) is 0.222. The number of ether oxygens (including phenoxy) is 1. The van der Waals surface area contributed by atoms with Crippen molar-refractivity contribution in [1.82, 2.24) is 10.2 Å². The summed E-state index contributed by atoms with van der Waals surface area (Å²) < 4.78 is 15.9. The van der Waals surface area contributed by atoms with Crippen LogP contribution in [0.5, 0.6) is 0 Å². The lowest BCUT2D eigenvalue weighted by Crippen LogP contribution is -2.23.